The molecule has 0 unspecified atom stereocenters. The minimum Gasteiger partial charge on any atom is -1.00 e. The molecule has 3 heterocycles. The molecule has 7 N–H and O–H groups in total. The first-order valence-corrected chi connectivity index (χ1v) is 16.9. The number of phenols is 1. The summed E-state index contributed by atoms with van der Waals surface area (Å²) < 4.78 is 35.2. The van der Waals surface area contributed by atoms with Crippen molar-refractivity contribution in [3.63, 3.8) is 0 Å². The molecule has 16 heteroatoms. The van der Waals surface area contributed by atoms with Crippen molar-refractivity contribution in [3.8, 4) is 23.0 Å². The van der Waals surface area contributed by atoms with Crippen LogP contribution in [0.3, 0.4) is 0 Å². The number of aromatic hydroxyl groups is 1. The van der Waals surface area contributed by atoms with Crippen molar-refractivity contribution >= 4 is 5.78 Å². The van der Waals surface area contributed by atoms with E-state index < -0.39 is 74.1 Å². The van der Waals surface area contributed by atoms with E-state index in [1.165, 1.54) is 26.2 Å². The molecule has 2 aromatic carbocycles. The van der Waals surface area contributed by atoms with E-state index in [9.17, 15) is 40.5 Å². The summed E-state index contributed by atoms with van der Waals surface area (Å²) in [4.78, 5) is 13.7. The van der Waals surface area contributed by atoms with Crippen LogP contribution in [-0.2, 0) is 20.6 Å². The summed E-state index contributed by atoms with van der Waals surface area (Å²) in [6, 6.07) is 7.95. The van der Waals surface area contributed by atoms with Gasteiger partial charge in [0.15, 0.2) is 23.6 Å². The zero-order chi connectivity index (χ0) is 36.5. The number of nitrogens with zero attached hydrogens (tertiary/aromatic N) is 1. The molecule has 2 aromatic rings. The number of carbonyl (C=O) groups is 1. The second kappa shape index (κ2) is 17.2. The smallest absolute Gasteiger partial charge is 0.229 e. The summed E-state index contributed by atoms with van der Waals surface area (Å²) in [5.41, 5.74) is 1.63. The summed E-state index contributed by atoms with van der Waals surface area (Å²) in [6.07, 6.45) is -14.8. The Morgan fingerprint density at radius 1 is 0.882 bits per heavy atom. The van der Waals surface area contributed by atoms with Crippen molar-refractivity contribution in [1.82, 2.24) is 0 Å². The number of fused-ring (bicyclic) bond motifs is 1. The van der Waals surface area contributed by atoms with Gasteiger partial charge in [0.05, 0.1) is 58.5 Å². The number of carbonyl (C=O) groups excluding carboxylic acids is 1. The van der Waals surface area contributed by atoms with Gasteiger partial charge in [0.1, 0.15) is 60.3 Å². The number of aliphatic hydroxyl groups excluding tert-OH is 6. The predicted octanol–water partition coefficient (Wildman–Crippen LogP) is -2.83. The van der Waals surface area contributed by atoms with E-state index in [1.807, 2.05) is 0 Å². The number of phenolic OH excluding ortho intramolecular Hbond substituents is 1. The lowest BCUT2D eigenvalue weighted by Crippen LogP contribution is -3.00. The SMILES string of the molecule is CC[N+](C)(CC)CCc1cc(O[C@@H]2O[C@H](CO[C@@H]3O[C@@H](C)[C@H](O)[C@@H](O)[C@H]3O)[C@@H](O)[C@H](O)[C@H]2O)cc2c1C(=O)C[C@@H](c1ccc(OC)c(O)c1)O2.[I-]. The molecule has 5 rings (SSSR count). The molecule has 0 radical (unpaired) electrons. The molecule has 0 bridgehead atoms. The highest BCUT2D eigenvalue weighted by Crippen LogP contribution is 2.42. The lowest BCUT2D eigenvalue weighted by atomic mass is 9.91. The second-order valence-corrected chi connectivity index (χ2v) is 13.5. The van der Waals surface area contributed by atoms with Gasteiger partial charge in [-0.2, -0.15) is 0 Å². The highest BCUT2D eigenvalue weighted by molar-refractivity contribution is 6.01. The number of quaternary nitrogens is 1. The third-order valence-corrected chi connectivity index (χ3v) is 10.3. The molecule has 0 amide bonds. The van der Waals surface area contributed by atoms with Crippen LogP contribution in [0, 0.1) is 0 Å². The van der Waals surface area contributed by atoms with Gasteiger partial charge in [-0.3, -0.25) is 4.79 Å². The normalized spacial score (nSPS) is 32.4. The molecular formula is C35H50INO14. The molecule has 0 aromatic heterocycles. The first-order valence-electron chi connectivity index (χ1n) is 16.9. The van der Waals surface area contributed by atoms with Crippen LogP contribution in [0.5, 0.6) is 23.0 Å². The number of likely N-dealkylation sites (N-methyl/N-ethyl adjacent to an activating group) is 1. The zero-order valence-corrected chi connectivity index (χ0v) is 31.5. The van der Waals surface area contributed by atoms with Crippen LogP contribution in [0.2, 0.25) is 0 Å². The molecule has 2 saturated heterocycles. The minimum atomic E-state index is -1.72. The summed E-state index contributed by atoms with van der Waals surface area (Å²) in [6.45, 7) is 7.68. The number of ether oxygens (including phenoxy) is 6. The number of benzene rings is 2. The van der Waals surface area contributed by atoms with Gasteiger partial charge in [0.2, 0.25) is 6.29 Å². The lowest BCUT2D eigenvalue weighted by molar-refractivity contribution is -0.905. The number of ketones is 1. The van der Waals surface area contributed by atoms with Crippen molar-refractivity contribution in [1.29, 1.82) is 0 Å². The first kappa shape index (κ1) is 41.4. The standard InChI is InChI=1S/C35H49NO14.HI/c1-6-36(4,7-2)11-10-19-12-20(14-25-27(19)22(38)15-24(49-25)18-8-9-23(45-5)21(37)13-18)48-35-33(44)31(42)29(40)26(50-35)16-46-34-32(43)30(41)28(39)17(3)47-34;/h8-9,12-14,17,24,26,28-35,39-44H,6-7,10-11,15-16H2,1-5H3;1H/t17-,24-,26+,28-,29+,30+,31-,32+,33+,34+,35+;/m0./s1. The van der Waals surface area contributed by atoms with Crippen LogP contribution in [-0.4, -0.2) is 148 Å². The van der Waals surface area contributed by atoms with E-state index >= 15 is 0 Å². The van der Waals surface area contributed by atoms with Crippen LogP contribution in [0.15, 0.2) is 30.3 Å². The molecule has 0 spiro atoms. The zero-order valence-electron chi connectivity index (χ0n) is 29.3. The van der Waals surface area contributed by atoms with E-state index in [4.69, 9.17) is 28.4 Å². The van der Waals surface area contributed by atoms with Crippen molar-refractivity contribution in [2.75, 3.05) is 40.4 Å². The summed E-state index contributed by atoms with van der Waals surface area (Å²) in [5.74, 6) is 0.421. The van der Waals surface area contributed by atoms with Gasteiger partial charge in [-0.1, -0.05) is 6.07 Å². The fraction of sp³-hybridized carbons (Fsp3) is 0.629. The van der Waals surface area contributed by atoms with Gasteiger partial charge in [0.25, 0.3) is 0 Å². The summed E-state index contributed by atoms with van der Waals surface area (Å²) in [7, 11) is 3.56. The van der Waals surface area contributed by atoms with Crippen LogP contribution >= 0.6 is 0 Å². The van der Waals surface area contributed by atoms with Crippen molar-refractivity contribution in [2.24, 2.45) is 0 Å². The highest BCUT2D eigenvalue weighted by Gasteiger charge is 2.47. The van der Waals surface area contributed by atoms with Crippen LogP contribution in [0.4, 0.5) is 0 Å². The molecule has 51 heavy (non-hydrogen) atoms. The molecule has 11 atom stereocenters. The molecule has 3 aliphatic heterocycles. The van der Waals surface area contributed by atoms with Gasteiger partial charge < -0.3 is 92.6 Å². The molecule has 0 aliphatic carbocycles. The average Bonchev–Trinajstić information content (AvgIpc) is 3.10. The predicted molar refractivity (Wildman–Crippen MR) is 175 cm³/mol. The Labute approximate surface area is 313 Å². The van der Waals surface area contributed by atoms with E-state index in [-0.39, 0.29) is 59.2 Å². The monoisotopic (exact) mass is 835 g/mol. The molecule has 2 fully saturated rings. The molecule has 0 saturated carbocycles. The van der Waals surface area contributed by atoms with E-state index in [0.29, 0.717) is 29.7 Å². The molecule has 3 aliphatic rings. The Morgan fingerprint density at radius 3 is 2.20 bits per heavy atom. The molecule has 15 nitrogen and oxygen atoms in total. The fourth-order valence-electron chi connectivity index (χ4n) is 6.44. The maximum atomic E-state index is 13.7. The number of halogens is 1. The number of hydrogen-bond donors (Lipinski definition) is 7. The number of Topliss-reactive ketones (excluding diaryl/α,β-unsaturated/α-hetero) is 1. The second-order valence-electron chi connectivity index (χ2n) is 13.5. The van der Waals surface area contributed by atoms with Gasteiger partial charge in [-0.15, -0.1) is 0 Å². The Bertz CT molecular complexity index is 1490. The van der Waals surface area contributed by atoms with Gasteiger partial charge in [0, 0.05) is 12.5 Å². The quantitative estimate of drug-likeness (QED) is 0.0849. The summed E-state index contributed by atoms with van der Waals surface area (Å²) in [5, 5.41) is 73.1. The van der Waals surface area contributed by atoms with Crippen molar-refractivity contribution in [3.05, 3.63) is 47.0 Å². The molecule has 286 valence electrons. The van der Waals surface area contributed by atoms with Crippen LogP contribution in [0.25, 0.3) is 0 Å². The first-order chi connectivity index (χ1) is 23.7. The Morgan fingerprint density at radius 2 is 1.55 bits per heavy atom. The fourth-order valence-corrected chi connectivity index (χ4v) is 6.44. The Balaban J connectivity index is 0.00000583. The van der Waals surface area contributed by atoms with Gasteiger partial charge in [-0.25, -0.2) is 0 Å². The topological polar surface area (TPSA) is 214 Å². The number of aliphatic hydroxyl groups is 6. The van der Waals surface area contributed by atoms with E-state index in [2.05, 4.69) is 20.9 Å². The number of methoxy groups -OCH3 is 1. The average molecular weight is 836 g/mol. The maximum Gasteiger partial charge on any atom is 0.229 e. The summed E-state index contributed by atoms with van der Waals surface area (Å²) >= 11 is 0. The molecular weight excluding hydrogens is 785 g/mol. The minimum absolute atomic E-state index is 0. The van der Waals surface area contributed by atoms with E-state index in [1.54, 1.807) is 18.2 Å². The lowest BCUT2D eigenvalue weighted by Gasteiger charge is -2.42. The van der Waals surface area contributed by atoms with Gasteiger partial charge >= 0.3 is 0 Å². The Hall–Kier alpha value is -2.36. The number of hydrogen-bond acceptors (Lipinski definition) is 14. The highest BCUT2D eigenvalue weighted by atomic mass is 127. The maximum absolute atomic E-state index is 13.7. The number of rotatable bonds is 12. The van der Waals surface area contributed by atoms with Crippen molar-refractivity contribution in [2.45, 2.75) is 101 Å². The third-order valence-electron chi connectivity index (χ3n) is 10.3. The Kier molecular flexibility index (Phi) is 14.0. The van der Waals surface area contributed by atoms with Crippen molar-refractivity contribution < 1.29 is 97.4 Å². The largest absolute Gasteiger partial charge is 1.00 e. The van der Waals surface area contributed by atoms with Crippen LogP contribution < -0.4 is 38.2 Å². The third kappa shape index (κ3) is 8.89. The van der Waals surface area contributed by atoms with E-state index in [0.717, 1.165) is 17.6 Å². The van der Waals surface area contributed by atoms with Crippen LogP contribution in [0.1, 0.15) is 54.8 Å². The van der Waals surface area contributed by atoms with Gasteiger partial charge in [-0.05, 0) is 50.1 Å².